The zero-order valence-corrected chi connectivity index (χ0v) is 12.4. The molecule has 18 heavy (non-hydrogen) atoms. The monoisotopic (exact) mass is 294 g/mol. The maximum absolute atomic E-state index is 10.3. The van der Waals surface area contributed by atoms with Crippen molar-refractivity contribution in [1.29, 1.82) is 0 Å². The summed E-state index contributed by atoms with van der Waals surface area (Å²) in [5, 5.41) is 47.8. The van der Waals surface area contributed by atoms with Crippen LogP contribution in [0.2, 0.25) is 0 Å². The van der Waals surface area contributed by atoms with Gasteiger partial charge < -0.3 is 32.1 Å². The van der Waals surface area contributed by atoms with E-state index in [2.05, 4.69) is 0 Å². The van der Waals surface area contributed by atoms with Crippen molar-refractivity contribution in [2.45, 2.75) is 18.4 Å². The van der Waals surface area contributed by atoms with Gasteiger partial charge in [-0.15, -0.1) is 0 Å². The molecule has 0 aromatic carbocycles. The van der Waals surface area contributed by atoms with Crippen LogP contribution in [0.5, 0.6) is 0 Å². The Hall–Kier alpha value is -0.724. The van der Waals surface area contributed by atoms with Crippen LogP contribution in [0.3, 0.4) is 0 Å². The second-order valence-corrected chi connectivity index (χ2v) is 2.76. The third-order valence-electron chi connectivity index (χ3n) is 1.29. The van der Waals surface area contributed by atoms with Crippen molar-refractivity contribution in [3.63, 3.8) is 0 Å². The Morgan fingerprint density at radius 1 is 0.833 bits per heavy atom. The molecule has 0 fully saturated rings. The van der Waals surface area contributed by atoms with Gasteiger partial charge in [-0.1, -0.05) is 0 Å². The molecule has 0 rings (SSSR count). The van der Waals surface area contributed by atoms with Gasteiger partial charge in [-0.3, -0.25) is 9.59 Å². The van der Waals surface area contributed by atoms with Crippen molar-refractivity contribution in [1.82, 2.24) is 0 Å². The molecule has 0 bridgehead atoms. The smallest absolute Gasteiger partial charge is 1.00 e. The quantitative estimate of drug-likeness (QED) is 0.273. The zero-order chi connectivity index (χ0) is 14.2. The Balaban J connectivity index is -0.000000165. The van der Waals surface area contributed by atoms with Gasteiger partial charge in [0.15, 0.2) is 5.60 Å². The average molecular weight is 294 g/mol. The third kappa shape index (κ3) is 13.3. The fourth-order valence-electron chi connectivity index (χ4n) is 0.714. The summed E-state index contributed by atoms with van der Waals surface area (Å²) in [6.07, 6.45) is -4.12. The molecule has 0 saturated carbocycles. The summed E-state index contributed by atoms with van der Waals surface area (Å²) < 4.78 is 0. The molecule has 0 amide bonds. The van der Waals surface area contributed by atoms with Gasteiger partial charge >= 0.3 is 75.4 Å². The minimum atomic E-state index is -2.74. The van der Waals surface area contributed by atoms with Crippen LogP contribution in [0, 0.1) is 0 Å². The number of aliphatic hydroxyl groups is 1. The maximum Gasteiger partial charge on any atom is 1.00 e. The Labute approximate surface area is 144 Å². The van der Waals surface area contributed by atoms with Gasteiger partial charge in [-0.25, -0.2) is 9.59 Å². The summed E-state index contributed by atoms with van der Waals surface area (Å²) in [5.74, 6) is -5.02. The minimum absolute atomic E-state index is 0. The first-order chi connectivity index (χ1) is 7.51. The zero-order valence-electron chi connectivity index (χ0n) is 10.2. The van der Waals surface area contributed by atoms with Gasteiger partial charge in [0.25, 0.3) is 0 Å². The van der Waals surface area contributed by atoms with Crippen LogP contribution in [0.15, 0.2) is 0 Å². The largest absolute Gasteiger partial charge is 1.00 e. The van der Waals surface area contributed by atoms with Gasteiger partial charge in [0.2, 0.25) is 0 Å². The summed E-state index contributed by atoms with van der Waals surface area (Å²) >= 11 is 0. The SMILES string of the molecule is O=C(O)CC(O)(CC(=O)O)C(=O)O.O=C(O)O.[H-].[K+]. The number of carbonyl (C=O) groups is 4. The average Bonchev–Trinajstić information content (AvgIpc) is 1.98. The minimum Gasteiger partial charge on any atom is -1.00 e. The van der Waals surface area contributed by atoms with Gasteiger partial charge in [0, 0.05) is 0 Å². The summed E-state index contributed by atoms with van der Waals surface area (Å²) in [5.41, 5.74) is -2.74. The van der Waals surface area contributed by atoms with E-state index in [9.17, 15) is 14.4 Å². The Bertz CT molecular complexity index is 310. The van der Waals surface area contributed by atoms with E-state index in [1.807, 2.05) is 0 Å². The van der Waals surface area contributed by atoms with Crippen LogP contribution in [0.25, 0.3) is 0 Å². The van der Waals surface area contributed by atoms with Gasteiger partial charge in [-0.05, 0) is 0 Å². The van der Waals surface area contributed by atoms with Crippen molar-refractivity contribution >= 4 is 24.1 Å². The second kappa shape index (κ2) is 10.2. The van der Waals surface area contributed by atoms with Crippen LogP contribution >= 0.6 is 0 Å². The molecule has 0 radical (unpaired) electrons. The molecule has 100 valence electrons. The maximum atomic E-state index is 10.3. The Morgan fingerprint density at radius 2 is 1.06 bits per heavy atom. The molecule has 0 aliphatic heterocycles. The molecule has 0 spiro atoms. The van der Waals surface area contributed by atoms with E-state index in [-0.39, 0.29) is 52.8 Å². The molecule has 11 heteroatoms. The van der Waals surface area contributed by atoms with Gasteiger partial charge in [0.1, 0.15) is 0 Å². The molecular formula is C7H11KO10. The second-order valence-electron chi connectivity index (χ2n) is 2.76. The van der Waals surface area contributed by atoms with Crippen molar-refractivity contribution in [3.05, 3.63) is 0 Å². The predicted molar refractivity (Wildman–Crippen MR) is 48.9 cm³/mol. The molecule has 0 atom stereocenters. The molecule has 10 nitrogen and oxygen atoms in total. The van der Waals surface area contributed by atoms with Crippen LogP contribution in [-0.4, -0.2) is 60.3 Å². The van der Waals surface area contributed by atoms with Gasteiger partial charge in [-0.2, -0.15) is 0 Å². The number of hydrogen-bond acceptors (Lipinski definition) is 5. The summed E-state index contributed by atoms with van der Waals surface area (Å²) in [6, 6.07) is 0. The molecule has 0 aliphatic rings. The fraction of sp³-hybridized carbons (Fsp3) is 0.429. The predicted octanol–water partition coefficient (Wildman–Crippen LogP) is -3.91. The standard InChI is InChI=1S/C6H8O7.CH2O3.K.H/c7-3(8)1-6(13,5(11)12)2-4(9)10;2-1(3)4;;/h13H,1-2H2,(H,7,8)(H,9,10)(H,11,12);(H2,2,3,4);;/q;;+1;-1. The van der Waals surface area contributed by atoms with Crippen molar-refractivity contribution in [2.24, 2.45) is 0 Å². The number of carboxylic acid groups (broad SMARTS) is 5. The van der Waals surface area contributed by atoms with E-state index < -0.39 is 42.5 Å². The van der Waals surface area contributed by atoms with Crippen LogP contribution in [0.4, 0.5) is 4.79 Å². The van der Waals surface area contributed by atoms with E-state index in [4.69, 9.17) is 35.4 Å². The summed E-state index contributed by atoms with van der Waals surface area (Å²) in [4.78, 5) is 39.0. The number of aliphatic carboxylic acids is 3. The fourth-order valence-corrected chi connectivity index (χ4v) is 0.714. The van der Waals surface area contributed by atoms with E-state index in [0.717, 1.165) is 0 Å². The van der Waals surface area contributed by atoms with Crippen molar-refractivity contribution in [3.8, 4) is 0 Å². The molecule has 6 N–H and O–H groups in total. The Kier molecular flexibility index (Phi) is 12.8. The Morgan fingerprint density at radius 3 is 1.17 bits per heavy atom. The number of hydrogen-bond donors (Lipinski definition) is 6. The first-order valence-corrected chi connectivity index (χ1v) is 3.82. The normalized spacial score (nSPS) is 9.17. The topological polar surface area (TPSA) is 190 Å². The van der Waals surface area contributed by atoms with Crippen LogP contribution in [0.1, 0.15) is 14.3 Å². The summed E-state index contributed by atoms with van der Waals surface area (Å²) in [6.45, 7) is 0. The third-order valence-corrected chi connectivity index (χ3v) is 1.29. The molecule has 0 heterocycles. The first-order valence-electron chi connectivity index (χ1n) is 3.82. The summed E-state index contributed by atoms with van der Waals surface area (Å²) in [7, 11) is 0. The molecule has 0 aromatic heterocycles. The van der Waals surface area contributed by atoms with Gasteiger partial charge in [0.05, 0.1) is 12.8 Å². The van der Waals surface area contributed by atoms with E-state index in [1.54, 1.807) is 0 Å². The first kappa shape index (κ1) is 22.5. The van der Waals surface area contributed by atoms with Crippen molar-refractivity contribution in [2.75, 3.05) is 0 Å². The molecule has 0 unspecified atom stereocenters. The molecular weight excluding hydrogens is 283 g/mol. The number of carboxylic acids is 3. The number of rotatable bonds is 5. The molecule has 0 saturated heterocycles. The van der Waals surface area contributed by atoms with Crippen LogP contribution in [-0.2, 0) is 14.4 Å². The van der Waals surface area contributed by atoms with Crippen LogP contribution < -0.4 is 51.4 Å². The van der Waals surface area contributed by atoms with E-state index in [1.165, 1.54) is 0 Å². The molecule has 0 aromatic rings. The van der Waals surface area contributed by atoms with Crippen molar-refractivity contribution < 1.29 is 103 Å². The van der Waals surface area contributed by atoms with E-state index in [0.29, 0.717) is 0 Å². The molecule has 0 aliphatic carbocycles. The van der Waals surface area contributed by atoms with E-state index >= 15 is 0 Å².